The number of nitrogens with one attached hydrogen (secondary N) is 1. The van der Waals surface area contributed by atoms with E-state index in [0.717, 1.165) is 44.1 Å². The highest BCUT2D eigenvalue weighted by Crippen LogP contribution is 2.32. The smallest absolute Gasteiger partial charge is 0.258 e. The van der Waals surface area contributed by atoms with Gasteiger partial charge in [-0.15, -0.1) is 0 Å². The molecule has 1 aliphatic rings. The summed E-state index contributed by atoms with van der Waals surface area (Å²) in [7, 11) is 0. The summed E-state index contributed by atoms with van der Waals surface area (Å²) in [6.45, 7) is 8.09. The van der Waals surface area contributed by atoms with Gasteiger partial charge < -0.3 is 15.6 Å². The van der Waals surface area contributed by atoms with E-state index in [2.05, 4.69) is 38.6 Å². The molecule has 7 nitrogen and oxygen atoms in total. The highest BCUT2D eigenvalue weighted by Gasteiger charge is 2.21. The maximum Gasteiger partial charge on any atom is 0.258 e. The topological polar surface area (TPSA) is 91.1 Å². The van der Waals surface area contributed by atoms with Crippen molar-refractivity contribution >= 4 is 22.3 Å². The van der Waals surface area contributed by atoms with E-state index in [1.165, 1.54) is 6.07 Å². The average Bonchev–Trinajstić information content (AvgIpc) is 2.86. The van der Waals surface area contributed by atoms with E-state index in [1.54, 1.807) is 12.1 Å². The second-order valence-corrected chi connectivity index (χ2v) is 9.11. The van der Waals surface area contributed by atoms with Gasteiger partial charge in [0.2, 0.25) is 5.95 Å². The van der Waals surface area contributed by atoms with Gasteiger partial charge in [0.15, 0.2) is 5.82 Å². The molecular formula is C26H25F3N6O. The van der Waals surface area contributed by atoms with E-state index < -0.39 is 28.5 Å². The third-order valence-corrected chi connectivity index (χ3v) is 6.61. The van der Waals surface area contributed by atoms with Crippen molar-refractivity contribution in [3.05, 3.63) is 70.5 Å². The Bertz CT molecular complexity index is 1490. The minimum atomic E-state index is -0.947. The number of aromatic nitrogens is 3. The molecule has 0 spiro atoms. The normalized spacial score (nSPS) is 14.7. The fourth-order valence-electron chi connectivity index (χ4n) is 4.59. The van der Waals surface area contributed by atoms with Crippen molar-refractivity contribution in [1.82, 2.24) is 19.9 Å². The molecule has 3 heterocycles. The summed E-state index contributed by atoms with van der Waals surface area (Å²) in [6.07, 6.45) is 0.850. The molecule has 10 heteroatoms. The highest BCUT2D eigenvalue weighted by molar-refractivity contribution is 5.88. The molecule has 36 heavy (non-hydrogen) atoms. The molecule has 0 unspecified atom stereocenters. The molecule has 0 saturated carbocycles. The number of rotatable bonds is 4. The molecule has 1 fully saturated rings. The number of anilines is 2. The largest absolute Gasteiger partial charge is 0.382 e. The van der Waals surface area contributed by atoms with Crippen LogP contribution < -0.4 is 16.2 Å². The molecule has 0 atom stereocenters. The van der Waals surface area contributed by atoms with E-state index >= 15 is 0 Å². The van der Waals surface area contributed by atoms with Crippen LogP contribution in [0.3, 0.4) is 0 Å². The fraction of sp³-hybridized carbons (Fsp3) is 0.269. The van der Waals surface area contributed by atoms with Gasteiger partial charge in [-0.2, -0.15) is 9.37 Å². The van der Waals surface area contributed by atoms with Crippen LogP contribution in [0.4, 0.5) is 24.7 Å². The van der Waals surface area contributed by atoms with Crippen molar-refractivity contribution in [2.45, 2.75) is 19.9 Å². The van der Waals surface area contributed by atoms with Gasteiger partial charge in [0.05, 0.1) is 5.39 Å². The Balaban J connectivity index is 1.49. The molecule has 1 saturated heterocycles. The van der Waals surface area contributed by atoms with Crippen LogP contribution in [0.25, 0.3) is 33.3 Å². The van der Waals surface area contributed by atoms with E-state index in [-0.39, 0.29) is 28.2 Å². The number of aromatic amines is 1. The van der Waals surface area contributed by atoms with Crippen molar-refractivity contribution in [2.24, 2.45) is 0 Å². The molecule has 3 N–H and O–H groups in total. The van der Waals surface area contributed by atoms with Crippen LogP contribution in [0.15, 0.2) is 47.4 Å². The Morgan fingerprint density at radius 2 is 1.61 bits per heavy atom. The summed E-state index contributed by atoms with van der Waals surface area (Å²) in [6, 6.07) is 10.1. The van der Waals surface area contributed by atoms with Gasteiger partial charge >= 0.3 is 0 Å². The lowest BCUT2D eigenvalue weighted by Gasteiger charge is -2.38. The summed E-state index contributed by atoms with van der Waals surface area (Å²) < 4.78 is 43.9. The van der Waals surface area contributed by atoms with Crippen molar-refractivity contribution in [3.8, 4) is 22.5 Å². The summed E-state index contributed by atoms with van der Waals surface area (Å²) >= 11 is 0. The maximum atomic E-state index is 14.8. The minimum Gasteiger partial charge on any atom is -0.382 e. The van der Waals surface area contributed by atoms with E-state index in [9.17, 15) is 18.0 Å². The Morgan fingerprint density at radius 1 is 0.917 bits per heavy atom. The SMILES string of the molecule is CC(C)N1CCN(c2ccc(-c3nc(-c4cc(F)c5c(=O)[nH]cc(F)c5c4)c(N)nc3F)cc2)CC1. The zero-order valence-corrected chi connectivity index (χ0v) is 19.9. The number of halogens is 3. The zero-order valence-electron chi connectivity index (χ0n) is 19.9. The molecule has 0 aliphatic carbocycles. The zero-order chi connectivity index (χ0) is 25.6. The van der Waals surface area contributed by atoms with E-state index in [4.69, 9.17) is 5.73 Å². The average molecular weight is 495 g/mol. The first-order valence-corrected chi connectivity index (χ1v) is 11.7. The predicted molar refractivity (Wildman–Crippen MR) is 134 cm³/mol. The number of hydrogen-bond acceptors (Lipinski definition) is 6. The summed E-state index contributed by atoms with van der Waals surface area (Å²) in [5, 5.41) is -0.653. The standard InChI is InChI=1S/C26H25F3N6O/c1-14(2)34-7-9-35(10-8-34)17-5-3-15(4-6-17)22-24(29)33-25(30)23(32-22)16-11-18-20(28)13-31-26(36)21(18)19(27)12-16/h3-6,11-14H,7-10H2,1-2H3,(H2,30,33)(H,31,36). The summed E-state index contributed by atoms with van der Waals surface area (Å²) in [5.74, 6) is -2.92. The van der Waals surface area contributed by atoms with Crippen molar-refractivity contribution in [2.75, 3.05) is 36.8 Å². The number of piperazine rings is 1. The van der Waals surface area contributed by atoms with Crippen molar-refractivity contribution in [1.29, 1.82) is 0 Å². The van der Waals surface area contributed by atoms with Crippen LogP contribution in [-0.4, -0.2) is 52.1 Å². The minimum absolute atomic E-state index is 0.0132. The molecule has 2 aromatic carbocycles. The highest BCUT2D eigenvalue weighted by atomic mass is 19.1. The number of H-pyrrole nitrogens is 1. The number of hydrogen-bond donors (Lipinski definition) is 2. The third kappa shape index (κ3) is 4.28. The van der Waals surface area contributed by atoms with Gasteiger partial charge in [-0.1, -0.05) is 12.1 Å². The van der Waals surface area contributed by atoms with Crippen LogP contribution in [0.5, 0.6) is 0 Å². The second kappa shape index (κ2) is 9.27. The first-order valence-electron chi connectivity index (χ1n) is 11.7. The maximum absolute atomic E-state index is 14.8. The van der Waals surface area contributed by atoms with Crippen LogP contribution in [0.1, 0.15) is 13.8 Å². The van der Waals surface area contributed by atoms with Crippen LogP contribution >= 0.6 is 0 Å². The Hall–Kier alpha value is -3.92. The molecule has 0 radical (unpaired) electrons. The second-order valence-electron chi connectivity index (χ2n) is 9.11. The van der Waals surface area contributed by atoms with Gasteiger partial charge in [0.25, 0.3) is 5.56 Å². The van der Waals surface area contributed by atoms with Gasteiger partial charge in [-0.3, -0.25) is 9.69 Å². The van der Waals surface area contributed by atoms with E-state index in [0.29, 0.717) is 11.6 Å². The quantitative estimate of drug-likeness (QED) is 0.442. The van der Waals surface area contributed by atoms with Crippen molar-refractivity contribution in [3.63, 3.8) is 0 Å². The number of nitrogens with two attached hydrogens (primary N) is 1. The molecule has 2 aromatic heterocycles. The van der Waals surface area contributed by atoms with Crippen molar-refractivity contribution < 1.29 is 13.2 Å². The number of fused-ring (bicyclic) bond motifs is 1. The molecule has 186 valence electrons. The lowest BCUT2D eigenvalue weighted by atomic mass is 10.0. The number of nitrogen functional groups attached to an aromatic ring is 1. The first-order chi connectivity index (χ1) is 17.2. The van der Waals surface area contributed by atoms with Crippen LogP contribution in [0, 0.1) is 17.6 Å². The molecule has 0 amide bonds. The Kier molecular flexibility index (Phi) is 6.13. The molecule has 0 bridgehead atoms. The Morgan fingerprint density at radius 3 is 2.28 bits per heavy atom. The third-order valence-electron chi connectivity index (χ3n) is 6.61. The number of benzene rings is 2. The number of nitrogens with zero attached hydrogens (tertiary/aromatic N) is 4. The lowest BCUT2D eigenvalue weighted by Crippen LogP contribution is -2.48. The van der Waals surface area contributed by atoms with Gasteiger partial charge in [-0.25, -0.2) is 13.8 Å². The van der Waals surface area contributed by atoms with Crippen LogP contribution in [0.2, 0.25) is 0 Å². The van der Waals surface area contributed by atoms with Gasteiger partial charge in [-0.05, 0) is 38.1 Å². The summed E-state index contributed by atoms with van der Waals surface area (Å²) in [5.41, 5.74) is 6.63. The van der Waals surface area contributed by atoms with Gasteiger partial charge in [0.1, 0.15) is 23.0 Å². The molecule has 4 aromatic rings. The summed E-state index contributed by atoms with van der Waals surface area (Å²) in [4.78, 5) is 26.9. The van der Waals surface area contributed by atoms with E-state index in [1.807, 2.05) is 12.1 Å². The first kappa shape index (κ1) is 23.8. The monoisotopic (exact) mass is 494 g/mol. The number of pyridine rings is 1. The predicted octanol–water partition coefficient (Wildman–Crippen LogP) is 4.18. The van der Waals surface area contributed by atoms with Crippen LogP contribution in [-0.2, 0) is 0 Å². The molecular weight excluding hydrogens is 469 g/mol. The Labute approximate surface area is 205 Å². The lowest BCUT2D eigenvalue weighted by molar-refractivity contribution is 0.209. The molecule has 5 rings (SSSR count). The van der Waals surface area contributed by atoms with Gasteiger partial charge in [0, 0.05) is 60.6 Å². The fourth-order valence-corrected chi connectivity index (χ4v) is 4.59. The molecule has 1 aliphatic heterocycles.